The molecule has 1 aliphatic heterocycles. The molecule has 0 spiro atoms. The maximum absolute atomic E-state index is 13.0. The lowest BCUT2D eigenvalue weighted by Crippen LogP contribution is -2.31. The van der Waals surface area contributed by atoms with Crippen molar-refractivity contribution in [3.63, 3.8) is 0 Å². The first-order chi connectivity index (χ1) is 11.8. The van der Waals surface area contributed by atoms with Crippen LogP contribution in [0.2, 0.25) is 0 Å². The monoisotopic (exact) mass is 364 g/mol. The lowest BCUT2D eigenvalue weighted by atomic mass is 10.3. The highest BCUT2D eigenvalue weighted by atomic mass is 32.2. The van der Waals surface area contributed by atoms with Crippen molar-refractivity contribution in [2.24, 2.45) is 0 Å². The van der Waals surface area contributed by atoms with Gasteiger partial charge in [0.15, 0.2) is 0 Å². The van der Waals surface area contributed by atoms with Crippen LogP contribution in [0.25, 0.3) is 0 Å². The van der Waals surface area contributed by atoms with Crippen LogP contribution in [0.15, 0.2) is 23.2 Å². The first-order valence-electron chi connectivity index (χ1n) is 8.46. The lowest BCUT2D eigenvalue weighted by Gasteiger charge is -2.17. The minimum atomic E-state index is -3.57. The highest BCUT2D eigenvalue weighted by Crippen LogP contribution is 2.27. The summed E-state index contributed by atoms with van der Waals surface area (Å²) in [7, 11) is -3.57. The second kappa shape index (κ2) is 6.76. The smallest absolute Gasteiger partial charge is 0.246 e. The van der Waals surface area contributed by atoms with Crippen molar-refractivity contribution in [3.8, 4) is 5.88 Å². The first-order valence-corrected chi connectivity index (χ1v) is 9.90. The number of pyridine rings is 1. The summed E-state index contributed by atoms with van der Waals surface area (Å²) in [5.74, 6) is 0.529. The van der Waals surface area contributed by atoms with Gasteiger partial charge in [-0.2, -0.15) is 9.40 Å². The Labute approximate surface area is 148 Å². The quantitative estimate of drug-likeness (QED) is 0.812. The van der Waals surface area contributed by atoms with Crippen molar-refractivity contribution >= 4 is 10.0 Å². The standard InChI is InChI=1S/C17H24N4O3S/c1-5-21-14(4)17(13(3)19-21)25(22,23)20-9-8-15(11-20)24-16-7-6-12(2)10-18-16/h6-7,10,15H,5,8-9,11H2,1-4H3. The number of hydrogen-bond donors (Lipinski definition) is 0. The number of rotatable bonds is 5. The van der Waals surface area contributed by atoms with Gasteiger partial charge in [-0.25, -0.2) is 13.4 Å². The van der Waals surface area contributed by atoms with Crippen LogP contribution < -0.4 is 4.74 Å². The SMILES string of the molecule is CCn1nc(C)c(S(=O)(=O)N2CCC(Oc3ccc(C)cn3)C2)c1C. The Bertz CT molecular complexity index is 859. The van der Waals surface area contributed by atoms with Gasteiger partial charge in [0.1, 0.15) is 11.0 Å². The van der Waals surface area contributed by atoms with Gasteiger partial charge >= 0.3 is 0 Å². The largest absolute Gasteiger partial charge is 0.473 e. The molecule has 0 aliphatic carbocycles. The predicted molar refractivity (Wildman–Crippen MR) is 94.1 cm³/mol. The number of ether oxygens (including phenoxy) is 1. The lowest BCUT2D eigenvalue weighted by molar-refractivity contribution is 0.207. The Balaban J connectivity index is 1.77. The van der Waals surface area contributed by atoms with Gasteiger partial charge in [-0.1, -0.05) is 6.07 Å². The molecule has 0 amide bonds. The van der Waals surface area contributed by atoms with Crippen LogP contribution in [-0.4, -0.2) is 46.7 Å². The Hall–Kier alpha value is -1.93. The molecular weight excluding hydrogens is 340 g/mol. The average molecular weight is 364 g/mol. The average Bonchev–Trinajstić information content (AvgIpc) is 3.14. The molecule has 0 aromatic carbocycles. The van der Waals surface area contributed by atoms with Crippen molar-refractivity contribution in [3.05, 3.63) is 35.3 Å². The van der Waals surface area contributed by atoms with Crippen LogP contribution in [0.3, 0.4) is 0 Å². The van der Waals surface area contributed by atoms with E-state index in [2.05, 4.69) is 10.1 Å². The normalized spacial score (nSPS) is 18.6. The number of aromatic nitrogens is 3. The molecular formula is C17H24N4O3S. The Morgan fingerprint density at radius 2 is 2.04 bits per heavy atom. The molecule has 2 aromatic rings. The van der Waals surface area contributed by atoms with Gasteiger partial charge in [0.2, 0.25) is 15.9 Å². The van der Waals surface area contributed by atoms with Crippen LogP contribution in [0.1, 0.15) is 30.3 Å². The molecule has 136 valence electrons. The molecule has 1 atom stereocenters. The molecule has 1 fully saturated rings. The van der Waals surface area contributed by atoms with Crippen molar-refractivity contribution < 1.29 is 13.2 Å². The van der Waals surface area contributed by atoms with Crippen LogP contribution >= 0.6 is 0 Å². The highest BCUT2D eigenvalue weighted by Gasteiger charge is 2.37. The Morgan fingerprint density at radius 1 is 1.28 bits per heavy atom. The van der Waals surface area contributed by atoms with Gasteiger partial charge in [0.25, 0.3) is 0 Å². The zero-order valence-corrected chi connectivity index (χ0v) is 15.9. The van der Waals surface area contributed by atoms with Gasteiger partial charge in [-0.15, -0.1) is 0 Å². The van der Waals surface area contributed by atoms with E-state index < -0.39 is 10.0 Å². The molecule has 3 rings (SSSR count). The highest BCUT2D eigenvalue weighted by molar-refractivity contribution is 7.89. The van der Waals surface area contributed by atoms with Crippen molar-refractivity contribution in [2.45, 2.75) is 51.7 Å². The Kier molecular flexibility index (Phi) is 4.83. The van der Waals surface area contributed by atoms with Crippen molar-refractivity contribution in [1.82, 2.24) is 19.1 Å². The summed E-state index contributed by atoms with van der Waals surface area (Å²) in [6.45, 7) is 8.87. The number of aryl methyl sites for hydroxylation is 3. The summed E-state index contributed by atoms with van der Waals surface area (Å²) >= 11 is 0. The summed E-state index contributed by atoms with van der Waals surface area (Å²) < 4.78 is 35.2. The summed E-state index contributed by atoms with van der Waals surface area (Å²) in [4.78, 5) is 4.55. The topological polar surface area (TPSA) is 77.3 Å². The van der Waals surface area contributed by atoms with E-state index >= 15 is 0 Å². The fraction of sp³-hybridized carbons (Fsp3) is 0.529. The van der Waals surface area contributed by atoms with E-state index in [4.69, 9.17) is 4.74 Å². The fourth-order valence-electron chi connectivity index (χ4n) is 3.20. The minimum Gasteiger partial charge on any atom is -0.473 e. The molecule has 0 radical (unpaired) electrons. The first kappa shape index (κ1) is 17.9. The molecule has 1 aliphatic rings. The summed E-state index contributed by atoms with van der Waals surface area (Å²) in [6.07, 6.45) is 2.20. The second-order valence-corrected chi connectivity index (χ2v) is 8.26. The molecule has 25 heavy (non-hydrogen) atoms. The Morgan fingerprint density at radius 3 is 2.64 bits per heavy atom. The maximum atomic E-state index is 13.0. The zero-order valence-electron chi connectivity index (χ0n) is 15.1. The van der Waals surface area contributed by atoms with Crippen LogP contribution in [0.4, 0.5) is 0 Å². The third-order valence-electron chi connectivity index (χ3n) is 4.49. The number of sulfonamides is 1. The third-order valence-corrected chi connectivity index (χ3v) is 6.61. The van der Waals surface area contributed by atoms with E-state index in [0.717, 1.165) is 5.56 Å². The molecule has 2 aromatic heterocycles. The maximum Gasteiger partial charge on any atom is 0.246 e. The van der Waals surface area contributed by atoms with Gasteiger partial charge in [0.05, 0.1) is 17.9 Å². The molecule has 8 heteroatoms. The van der Waals surface area contributed by atoms with Crippen molar-refractivity contribution in [1.29, 1.82) is 0 Å². The molecule has 1 unspecified atom stereocenters. The van der Waals surface area contributed by atoms with Crippen LogP contribution in [-0.2, 0) is 16.6 Å². The van der Waals surface area contributed by atoms with Gasteiger partial charge < -0.3 is 4.74 Å². The van der Waals surface area contributed by atoms with E-state index in [0.29, 0.717) is 48.2 Å². The third kappa shape index (κ3) is 3.41. The van der Waals surface area contributed by atoms with E-state index in [1.807, 2.05) is 26.0 Å². The molecule has 3 heterocycles. The van der Waals surface area contributed by atoms with E-state index in [9.17, 15) is 8.42 Å². The van der Waals surface area contributed by atoms with E-state index in [-0.39, 0.29) is 6.10 Å². The van der Waals surface area contributed by atoms with Crippen molar-refractivity contribution in [2.75, 3.05) is 13.1 Å². The molecule has 0 N–H and O–H groups in total. The van der Waals surface area contributed by atoms with Gasteiger partial charge in [-0.3, -0.25) is 4.68 Å². The number of nitrogens with zero attached hydrogens (tertiary/aromatic N) is 4. The second-order valence-electron chi connectivity index (χ2n) is 6.38. The minimum absolute atomic E-state index is 0.188. The zero-order chi connectivity index (χ0) is 18.2. The van der Waals surface area contributed by atoms with E-state index in [1.165, 1.54) is 4.31 Å². The summed E-state index contributed by atoms with van der Waals surface area (Å²) in [5.41, 5.74) is 2.29. The predicted octanol–water partition coefficient (Wildman–Crippen LogP) is 2.07. The molecule has 1 saturated heterocycles. The summed E-state index contributed by atoms with van der Waals surface area (Å²) in [5, 5.41) is 4.33. The fourth-order valence-corrected chi connectivity index (χ4v) is 5.06. The molecule has 7 nitrogen and oxygen atoms in total. The van der Waals surface area contributed by atoms with Crippen LogP contribution in [0.5, 0.6) is 5.88 Å². The molecule has 0 bridgehead atoms. The van der Waals surface area contributed by atoms with Crippen LogP contribution in [0, 0.1) is 20.8 Å². The van der Waals surface area contributed by atoms with E-state index in [1.54, 1.807) is 24.7 Å². The molecule has 0 saturated carbocycles. The van der Waals surface area contributed by atoms with Gasteiger partial charge in [0, 0.05) is 25.4 Å². The number of hydrogen-bond acceptors (Lipinski definition) is 5. The van der Waals surface area contributed by atoms with Gasteiger partial charge in [-0.05, 0) is 39.7 Å². The summed E-state index contributed by atoms with van der Waals surface area (Å²) in [6, 6.07) is 3.74.